The molecule has 2 heterocycles. The van der Waals surface area contributed by atoms with Crippen LogP contribution in [0.2, 0.25) is 0 Å². The molecule has 5 heteroatoms. The molecule has 1 fully saturated rings. The monoisotopic (exact) mass is 276 g/mol. The molecular weight excluding hydrogens is 252 g/mol. The van der Waals surface area contributed by atoms with Crippen LogP contribution in [0.3, 0.4) is 0 Å². The van der Waals surface area contributed by atoms with Gasteiger partial charge >= 0.3 is 0 Å². The van der Waals surface area contributed by atoms with E-state index in [9.17, 15) is 4.79 Å². The van der Waals surface area contributed by atoms with Crippen molar-refractivity contribution in [2.45, 2.75) is 19.3 Å². The third-order valence-electron chi connectivity index (χ3n) is 3.75. The number of aromatic nitrogens is 1. The topological polar surface area (TPSA) is 62.5 Å². The minimum Gasteiger partial charge on any atom is -0.336 e. The molecule has 1 amide bonds. The standard InChI is InChI=1S/C15H24N4O/c16-6-2-1-3-8-18-9-11-19(12-10-18)15(20)14-5-4-7-17-13-14/h4-5,7,13H,1-3,6,8-12,16H2. The first kappa shape index (κ1) is 14.9. The normalized spacial score (nSPS) is 16.4. The Balaban J connectivity index is 1.73. The fourth-order valence-electron chi connectivity index (χ4n) is 2.50. The molecule has 110 valence electrons. The van der Waals surface area contributed by atoms with Gasteiger partial charge in [0, 0.05) is 38.6 Å². The van der Waals surface area contributed by atoms with E-state index in [1.54, 1.807) is 18.5 Å². The molecule has 0 unspecified atom stereocenters. The van der Waals surface area contributed by atoms with Crippen molar-refractivity contribution in [3.63, 3.8) is 0 Å². The summed E-state index contributed by atoms with van der Waals surface area (Å²) in [6.07, 6.45) is 6.84. The van der Waals surface area contributed by atoms with Crippen LogP contribution in [0.4, 0.5) is 0 Å². The predicted molar refractivity (Wildman–Crippen MR) is 79.5 cm³/mol. The fourth-order valence-corrected chi connectivity index (χ4v) is 2.50. The van der Waals surface area contributed by atoms with E-state index in [0.29, 0.717) is 5.56 Å². The van der Waals surface area contributed by atoms with E-state index in [4.69, 9.17) is 5.73 Å². The number of piperazine rings is 1. The second kappa shape index (κ2) is 7.97. The second-order valence-electron chi connectivity index (χ2n) is 5.22. The van der Waals surface area contributed by atoms with Gasteiger partial charge in [-0.25, -0.2) is 0 Å². The molecule has 1 aliphatic rings. The highest BCUT2D eigenvalue weighted by Crippen LogP contribution is 2.08. The maximum atomic E-state index is 12.3. The van der Waals surface area contributed by atoms with Crippen molar-refractivity contribution in [2.24, 2.45) is 5.73 Å². The molecule has 5 nitrogen and oxygen atoms in total. The number of nitrogens with two attached hydrogens (primary N) is 1. The van der Waals surface area contributed by atoms with Crippen LogP contribution in [0.1, 0.15) is 29.6 Å². The van der Waals surface area contributed by atoms with Gasteiger partial charge in [0.25, 0.3) is 5.91 Å². The number of hydrogen-bond acceptors (Lipinski definition) is 4. The van der Waals surface area contributed by atoms with E-state index in [2.05, 4.69) is 9.88 Å². The van der Waals surface area contributed by atoms with Crippen molar-refractivity contribution in [3.05, 3.63) is 30.1 Å². The van der Waals surface area contributed by atoms with Crippen LogP contribution >= 0.6 is 0 Å². The van der Waals surface area contributed by atoms with Crippen molar-refractivity contribution in [3.8, 4) is 0 Å². The summed E-state index contributed by atoms with van der Waals surface area (Å²) >= 11 is 0. The number of carbonyl (C=O) groups excluding carboxylic acids is 1. The Morgan fingerprint density at radius 3 is 2.65 bits per heavy atom. The SMILES string of the molecule is NCCCCCN1CCN(C(=O)c2cccnc2)CC1. The molecule has 0 aliphatic carbocycles. The third kappa shape index (κ3) is 4.28. The van der Waals surface area contributed by atoms with Gasteiger partial charge < -0.3 is 10.6 Å². The van der Waals surface area contributed by atoms with Crippen LogP contribution < -0.4 is 5.73 Å². The van der Waals surface area contributed by atoms with Gasteiger partial charge in [0.15, 0.2) is 0 Å². The van der Waals surface area contributed by atoms with E-state index in [1.165, 1.54) is 12.8 Å². The summed E-state index contributed by atoms with van der Waals surface area (Å²) in [5, 5.41) is 0. The molecule has 0 bridgehead atoms. The van der Waals surface area contributed by atoms with Gasteiger partial charge in [0.05, 0.1) is 5.56 Å². The largest absolute Gasteiger partial charge is 0.336 e. The minimum absolute atomic E-state index is 0.0980. The van der Waals surface area contributed by atoms with Gasteiger partial charge in [0.2, 0.25) is 0 Å². The highest BCUT2D eigenvalue weighted by Gasteiger charge is 2.21. The summed E-state index contributed by atoms with van der Waals surface area (Å²) in [5.41, 5.74) is 6.18. The van der Waals surface area contributed by atoms with Crippen LogP contribution in [0.15, 0.2) is 24.5 Å². The molecule has 0 saturated carbocycles. The molecule has 1 saturated heterocycles. The maximum absolute atomic E-state index is 12.3. The number of rotatable bonds is 6. The highest BCUT2D eigenvalue weighted by atomic mass is 16.2. The van der Waals surface area contributed by atoms with Gasteiger partial charge in [-0.3, -0.25) is 14.7 Å². The van der Waals surface area contributed by atoms with Gasteiger partial charge in [-0.1, -0.05) is 6.42 Å². The van der Waals surface area contributed by atoms with E-state index in [1.807, 2.05) is 11.0 Å². The average Bonchev–Trinajstić information content (AvgIpc) is 2.52. The summed E-state index contributed by atoms with van der Waals surface area (Å²) in [6, 6.07) is 3.63. The first-order valence-corrected chi connectivity index (χ1v) is 7.43. The third-order valence-corrected chi connectivity index (χ3v) is 3.75. The second-order valence-corrected chi connectivity index (χ2v) is 5.22. The number of unbranched alkanes of at least 4 members (excludes halogenated alkanes) is 2. The lowest BCUT2D eigenvalue weighted by Gasteiger charge is -2.34. The number of amides is 1. The molecule has 1 aromatic heterocycles. The maximum Gasteiger partial charge on any atom is 0.255 e. The molecular formula is C15H24N4O. The van der Waals surface area contributed by atoms with E-state index in [0.717, 1.165) is 45.7 Å². The Kier molecular flexibility index (Phi) is 5.95. The Morgan fingerprint density at radius 1 is 1.20 bits per heavy atom. The zero-order valence-corrected chi connectivity index (χ0v) is 12.0. The summed E-state index contributed by atoms with van der Waals surface area (Å²) in [7, 11) is 0. The summed E-state index contributed by atoms with van der Waals surface area (Å²) in [4.78, 5) is 20.6. The Bertz CT molecular complexity index is 402. The number of nitrogens with zero attached hydrogens (tertiary/aromatic N) is 3. The van der Waals surface area contributed by atoms with Gasteiger partial charge in [-0.15, -0.1) is 0 Å². The lowest BCUT2D eigenvalue weighted by atomic mass is 10.2. The zero-order chi connectivity index (χ0) is 14.2. The summed E-state index contributed by atoms with van der Waals surface area (Å²) in [5.74, 6) is 0.0980. The van der Waals surface area contributed by atoms with Crippen LogP contribution in [0, 0.1) is 0 Å². The number of pyridine rings is 1. The van der Waals surface area contributed by atoms with Crippen LogP contribution in [0.25, 0.3) is 0 Å². The Hall–Kier alpha value is -1.46. The van der Waals surface area contributed by atoms with E-state index >= 15 is 0 Å². The highest BCUT2D eigenvalue weighted by molar-refractivity contribution is 5.93. The van der Waals surface area contributed by atoms with Crippen molar-refractivity contribution in [2.75, 3.05) is 39.3 Å². The van der Waals surface area contributed by atoms with Crippen molar-refractivity contribution in [1.82, 2.24) is 14.8 Å². The smallest absolute Gasteiger partial charge is 0.255 e. The van der Waals surface area contributed by atoms with Crippen molar-refractivity contribution < 1.29 is 4.79 Å². The first-order chi connectivity index (χ1) is 9.81. The lowest BCUT2D eigenvalue weighted by Crippen LogP contribution is -2.48. The zero-order valence-electron chi connectivity index (χ0n) is 12.0. The number of carbonyl (C=O) groups is 1. The molecule has 1 aliphatic heterocycles. The van der Waals surface area contributed by atoms with E-state index < -0.39 is 0 Å². The van der Waals surface area contributed by atoms with Crippen LogP contribution in [-0.4, -0.2) is 60.0 Å². The van der Waals surface area contributed by atoms with E-state index in [-0.39, 0.29) is 5.91 Å². The molecule has 1 aromatic rings. The van der Waals surface area contributed by atoms with Crippen LogP contribution in [0.5, 0.6) is 0 Å². The van der Waals surface area contributed by atoms with Crippen molar-refractivity contribution >= 4 is 5.91 Å². The Labute approximate surface area is 120 Å². The minimum atomic E-state index is 0.0980. The molecule has 0 aromatic carbocycles. The van der Waals surface area contributed by atoms with Crippen molar-refractivity contribution in [1.29, 1.82) is 0 Å². The molecule has 2 rings (SSSR count). The molecule has 2 N–H and O–H groups in total. The molecule has 20 heavy (non-hydrogen) atoms. The first-order valence-electron chi connectivity index (χ1n) is 7.43. The predicted octanol–water partition coefficient (Wildman–Crippen LogP) is 0.968. The molecule has 0 atom stereocenters. The summed E-state index contributed by atoms with van der Waals surface area (Å²) < 4.78 is 0. The quantitative estimate of drug-likeness (QED) is 0.786. The Morgan fingerprint density at radius 2 is 2.00 bits per heavy atom. The average molecular weight is 276 g/mol. The van der Waals surface area contributed by atoms with Gasteiger partial charge in [-0.05, 0) is 38.1 Å². The molecule has 0 radical (unpaired) electrons. The van der Waals surface area contributed by atoms with Gasteiger partial charge in [0.1, 0.15) is 0 Å². The number of hydrogen-bond donors (Lipinski definition) is 1. The van der Waals surface area contributed by atoms with Gasteiger partial charge in [-0.2, -0.15) is 0 Å². The summed E-state index contributed by atoms with van der Waals surface area (Å²) in [6.45, 7) is 5.46. The van der Waals surface area contributed by atoms with Crippen LogP contribution in [-0.2, 0) is 0 Å². The molecule has 0 spiro atoms. The fraction of sp³-hybridized carbons (Fsp3) is 0.600. The lowest BCUT2D eigenvalue weighted by molar-refractivity contribution is 0.0635.